The van der Waals surface area contributed by atoms with E-state index in [1.807, 2.05) is 49.8 Å². The van der Waals surface area contributed by atoms with Crippen molar-refractivity contribution in [2.45, 2.75) is 19.9 Å². The van der Waals surface area contributed by atoms with E-state index in [0.717, 1.165) is 48.2 Å². The second-order valence-electron chi connectivity index (χ2n) is 5.50. The number of anilines is 1. The molecular formula is C18H21N5O. The van der Waals surface area contributed by atoms with Crippen LogP contribution in [-0.4, -0.2) is 33.2 Å². The number of methoxy groups -OCH3 is 1. The molecule has 0 radical (unpaired) electrons. The summed E-state index contributed by atoms with van der Waals surface area (Å²) in [5.41, 5.74) is 1.90. The zero-order valence-corrected chi connectivity index (χ0v) is 13.9. The average molecular weight is 323 g/mol. The Morgan fingerprint density at radius 3 is 2.92 bits per heavy atom. The van der Waals surface area contributed by atoms with E-state index >= 15 is 0 Å². The molecule has 0 amide bonds. The lowest BCUT2D eigenvalue weighted by Crippen LogP contribution is -2.08. The van der Waals surface area contributed by atoms with Crippen LogP contribution in [-0.2, 0) is 6.54 Å². The number of rotatable bonds is 7. The summed E-state index contributed by atoms with van der Waals surface area (Å²) in [6.07, 6.45) is 6.58. The zero-order chi connectivity index (χ0) is 16.8. The van der Waals surface area contributed by atoms with Gasteiger partial charge in [-0.3, -0.25) is 0 Å². The van der Waals surface area contributed by atoms with Crippen molar-refractivity contribution in [1.82, 2.24) is 19.5 Å². The molecule has 6 nitrogen and oxygen atoms in total. The minimum Gasteiger partial charge on any atom is -0.497 e. The standard InChI is InChI=1S/C18H21N5O/c1-14-21-17(15-5-3-6-16(11-15)24-2)12-18(22-14)20-7-4-9-23-10-8-19-13-23/h3,5-6,8,10-13H,4,7,9H2,1-2H3,(H,20,21,22). The van der Waals surface area contributed by atoms with Gasteiger partial charge in [-0.05, 0) is 25.5 Å². The number of benzene rings is 1. The van der Waals surface area contributed by atoms with Crippen LogP contribution in [0.1, 0.15) is 12.2 Å². The number of nitrogens with one attached hydrogen (secondary N) is 1. The van der Waals surface area contributed by atoms with Gasteiger partial charge in [-0.15, -0.1) is 0 Å². The van der Waals surface area contributed by atoms with Gasteiger partial charge < -0.3 is 14.6 Å². The number of nitrogens with zero attached hydrogens (tertiary/aromatic N) is 4. The Hall–Kier alpha value is -2.89. The highest BCUT2D eigenvalue weighted by atomic mass is 16.5. The lowest BCUT2D eigenvalue weighted by molar-refractivity contribution is 0.415. The molecule has 0 unspecified atom stereocenters. The quantitative estimate of drug-likeness (QED) is 0.677. The third kappa shape index (κ3) is 4.10. The van der Waals surface area contributed by atoms with Crippen LogP contribution in [0.15, 0.2) is 49.1 Å². The summed E-state index contributed by atoms with van der Waals surface area (Å²) in [5.74, 6) is 2.40. The van der Waals surface area contributed by atoms with Crippen LogP contribution < -0.4 is 10.1 Å². The first-order valence-corrected chi connectivity index (χ1v) is 7.94. The van der Waals surface area contributed by atoms with E-state index in [0.29, 0.717) is 0 Å². The highest BCUT2D eigenvalue weighted by Gasteiger charge is 2.05. The predicted octanol–water partition coefficient (Wildman–Crippen LogP) is 3.16. The van der Waals surface area contributed by atoms with E-state index in [9.17, 15) is 0 Å². The molecule has 1 aromatic carbocycles. The number of aryl methyl sites for hydroxylation is 2. The van der Waals surface area contributed by atoms with Crippen LogP contribution >= 0.6 is 0 Å². The molecule has 0 aliphatic heterocycles. The first-order chi connectivity index (χ1) is 11.7. The largest absolute Gasteiger partial charge is 0.497 e. The summed E-state index contributed by atoms with van der Waals surface area (Å²) >= 11 is 0. The lowest BCUT2D eigenvalue weighted by Gasteiger charge is -2.10. The Balaban J connectivity index is 1.66. The number of hydrogen-bond donors (Lipinski definition) is 1. The molecule has 2 aromatic heterocycles. The first kappa shape index (κ1) is 16.0. The first-order valence-electron chi connectivity index (χ1n) is 7.94. The molecule has 124 valence electrons. The van der Waals surface area contributed by atoms with Crippen LogP contribution in [0.5, 0.6) is 5.75 Å². The molecular weight excluding hydrogens is 302 g/mol. The van der Waals surface area contributed by atoms with Gasteiger partial charge in [0.1, 0.15) is 17.4 Å². The van der Waals surface area contributed by atoms with Crippen molar-refractivity contribution in [3.63, 3.8) is 0 Å². The van der Waals surface area contributed by atoms with Gasteiger partial charge >= 0.3 is 0 Å². The maximum absolute atomic E-state index is 5.29. The lowest BCUT2D eigenvalue weighted by atomic mass is 10.1. The summed E-state index contributed by atoms with van der Waals surface area (Å²) in [5, 5.41) is 3.37. The smallest absolute Gasteiger partial charge is 0.130 e. The van der Waals surface area contributed by atoms with Gasteiger partial charge in [-0.25, -0.2) is 15.0 Å². The van der Waals surface area contributed by atoms with Gasteiger partial charge in [0.05, 0.1) is 19.1 Å². The monoisotopic (exact) mass is 323 g/mol. The van der Waals surface area contributed by atoms with E-state index < -0.39 is 0 Å². The Labute approximate surface area is 141 Å². The third-order valence-electron chi connectivity index (χ3n) is 3.66. The van der Waals surface area contributed by atoms with E-state index in [1.54, 1.807) is 13.3 Å². The molecule has 2 heterocycles. The second-order valence-corrected chi connectivity index (χ2v) is 5.50. The van der Waals surface area contributed by atoms with Gasteiger partial charge in [-0.2, -0.15) is 0 Å². The van der Waals surface area contributed by atoms with Gasteiger partial charge in [0, 0.05) is 37.1 Å². The van der Waals surface area contributed by atoms with Crippen LogP contribution in [0.25, 0.3) is 11.3 Å². The molecule has 0 aliphatic rings. The average Bonchev–Trinajstić information content (AvgIpc) is 3.12. The summed E-state index contributed by atoms with van der Waals surface area (Å²) in [7, 11) is 1.66. The number of hydrogen-bond acceptors (Lipinski definition) is 5. The minimum atomic E-state index is 0.743. The van der Waals surface area contributed by atoms with E-state index in [-0.39, 0.29) is 0 Å². The van der Waals surface area contributed by atoms with Crippen LogP contribution in [0.4, 0.5) is 5.82 Å². The number of ether oxygens (including phenoxy) is 1. The molecule has 0 saturated carbocycles. The molecule has 0 spiro atoms. The summed E-state index contributed by atoms with van der Waals surface area (Å²) in [6, 6.07) is 9.85. The SMILES string of the molecule is COc1cccc(-c2cc(NCCCn3ccnc3)nc(C)n2)c1. The Kier molecular flexibility index (Phi) is 5.05. The molecule has 0 aliphatic carbocycles. The van der Waals surface area contributed by atoms with Gasteiger partial charge in [-0.1, -0.05) is 12.1 Å². The van der Waals surface area contributed by atoms with Crippen LogP contribution in [0.2, 0.25) is 0 Å². The molecule has 0 fully saturated rings. The molecule has 3 rings (SSSR count). The molecule has 3 aromatic rings. The van der Waals surface area contributed by atoms with Gasteiger partial charge in [0.15, 0.2) is 0 Å². The molecule has 0 atom stereocenters. The fourth-order valence-corrected chi connectivity index (χ4v) is 2.49. The van der Waals surface area contributed by atoms with Crippen molar-refractivity contribution in [3.05, 3.63) is 54.9 Å². The molecule has 0 bridgehead atoms. The third-order valence-corrected chi connectivity index (χ3v) is 3.66. The van der Waals surface area contributed by atoms with Crippen LogP contribution in [0, 0.1) is 6.92 Å². The molecule has 6 heteroatoms. The van der Waals surface area contributed by atoms with E-state index in [2.05, 4.69) is 24.8 Å². The Bertz CT molecular complexity index is 786. The van der Waals surface area contributed by atoms with Crippen molar-refractivity contribution in [1.29, 1.82) is 0 Å². The normalized spacial score (nSPS) is 10.6. The van der Waals surface area contributed by atoms with Gasteiger partial charge in [0.2, 0.25) is 0 Å². The summed E-state index contributed by atoms with van der Waals surface area (Å²) < 4.78 is 7.35. The Morgan fingerprint density at radius 1 is 1.21 bits per heavy atom. The van der Waals surface area contributed by atoms with Crippen LogP contribution in [0.3, 0.4) is 0 Å². The Morgan fingerprint density at radius 2 is 2.12 bits per heavy atom. The molecule has 1 N–H and O–H groups in total. The van der Waals surface area contributed by atoms with Crippen molar-refractivity contribution in [3.8, 4) is 17.0 Å². The predicted molar refractivity (Wildman–Crippen MR) is 94.1 cm³/mol. The highest BCUT2D eigenvalue weighted by molar-refractivity contribution is 5.64. The van der Waals surface area contributed by atoms with Gasteiger partial charge in [0.25, 0.3) is 0 Å². The number of imidazole rings is 1. The topological polar surface area (TPSA) is 64.9 Å². The second kappa shape index (κ2) is 7.59. The highest BCUT2D eigenvalue weighted by Crippen LogP contribution is 2.23. The van der Waals surface area contributed by atoms with E-state index in [4.69, 9.17) is 4.74 Å². The molecule has 24 heavy (non-hydrogen) atoms. The maximum Gasteiger partial charge on any atom is 0.130 e. The van der Waals surface area contributed by atoms with Crippen molar-refractivity contribution >= 4 is 5.82 Å². The fourth-order valence-electron chi connectivity index (χ4n) is 2.49. The zero-order valence-electron chi connectivity index (χ0n) is 13.9. The fraction of sp³-hybridized carbons (Fsp3) is 0.278. The minimum absolute atomic E-state index is 0.743. The van der Waals surface area contributed by atoms with Crippen molar-refractivity contribution in [2.75, 3.05) is 19.0 Å². The molecule has 0 saturated heterocycles. The van der Waals surface area contributed by atoms with Crippen molar-refractivity contribution in [2.24, 2.45) is 0 Å². The summed E-state index contributed by atoms with van der Waals surface area (Å²) in [6.45, 7) is 3.67. The maximum atomic E-state index is 5.29. The number of aromatic nitrogens is 4. The summed E-state index contributed by atoms with van der Waals surface area (Å²) in [4.78, 5) is 13.0. The van der Waals surface area contributed by atoms with E-state index in [1.165, 1.54) is 0 Å². The van der Waals surface area contributed by atoms with Crippen molar-refractivity contribution < 1.29 is 4.74 Å².